The maximum absolute atomic E-state index is 11.5. The third-order valence-electron chi connectivity index (χ3n) is 1.73. The van der Waals surface area contributed by atoms with Crippen molar-refractivity contribution in [3.63, 3.8) is 0 Å². The molecule has 4 nitrogen and oxygen atoms in total. The molecule has 1 aromatic heterocycles. The van der Waals surface area contributed by atoms with Crippen LogP contribution in [0.3, 0.4) is 0 Å². The molecular formula is C9H7N3OS. The minimum atomic E-state index is -0.171. The molecule has 5 heteroatoms. The van der Waals surface area contributed by atoms with Crippen molar-refractivity contribution < 1.29 is 0 Å². The summed E-state index contributed by atoms with van der Waals surface area (Å²) in [5.74, 6) is 0. The van der Waals surface area contributed by atoms with Crippen LogP contribution in [0.1, 0.15) is 6.92 Å². The number of rotatable bonds is 0. The Balaban J connectivity index is 3.92. The quantitative estimate of drug-likeness (QED) is 0.570. The van der Waals surface area contributed by atoms with Crippen molar-refractivity contribution in [2.24, 2.45) is 7.05 Å². The van der Waals surface area contributed by atoms with E-state index in [2.05, 4.69) is 0 Å². The molecule has 0 amide bonds. The molecule has 0 aliphatic rings. The van der Waals surface area contributed by atoms with Crippen molar-refractivity contribution in [2.45, 2.75) is 6.92 Å². The largest absolute Gasteiger partial charge is 0.300 e. The van der Waals surface area contributed by atoms with E-state index in [0.29, 0.717) is 9.20 Å². The van der Waals surface area contributed by atoms with Gasteiger partial charge in [0, 0.05) is 7.05 Å². The van der Waals surface area contributed by atoms with Gasteiger partial charge in [0.25, 0.3) is 5.56 Å². The lowest BCUT2D eigenvalue weighted by Crippen LogP contribution is -2.29. The van der Waals surface area contributed by atoms with Gasteiger partial charge in [-0.15, -0.1) is 11.3 Å². The Morgan fingerprint density at radius 1 is 1.50 bits per heavy atom. The Hall–Kier alpha value is -1.85. The van der Waals surface area contributed by atoms with Crippen molar-refractivity contribution in [3.8, 4) is 12.1 Å². The standard InChI is InChI=1S/C9H7N3OS/c1-3-7-8(13)12(2)9(14-7)6(4-10)5-11/h3H,1-2H3/b7-3-. The van der Waals surface area contributed by atoms with Crippen LogP contribution in [-0.4, -0.2) is 4.57 Å². The highest BCUT2D eigenvalue weighted by Gasteiger charge is 2.03. The van der Waals surface area contributed by atoms with E-state index < -0.39 is 0 Å². The number of nitrogens with zero attached hydrogens (tertiary/aromatic N) is 3. The first-order valence-corrected chi connectivity index (χ1v) is 4.64. The highest BCUT2D eigenvalue weighted by atomic mass is 32.1. The van der Waals surface area contributed by atoms with Gasteiger partial charge in [-0.3, -0.25) is 4.79 Å². The summed E-state index contributed by atoms with van der Waals surface area (Å²) in [4.78, 5) is 11.5. The van der Waals surface area contributed by atoms with E-state index in [-0.39, 0.29) is 11.1 Å². The van der Waals surface area contributed by atoms with Crippen molar-refractivity contribution >= 4 is 23.0 Å². The van der Waals surface area contributed by atoms with E-state index in [9.17, 15) is 4.79 Å². The summed E-state index contributed by atoms with van der Waals surface area (Å²) in [6.07, 6.45) is 1.67. The average Bonchev–Trinajstić information content (AvgIpc) is 2.48. The van der Waals surface area contributed by atoms with Crippen LogP contribution in [0.2, 0.25) is 0 Å². The topological polar surface area (TPSA) is 69.6 Å². The van der Waals surface area contributed by atoms with Crippen LogP contribution >= 0.6 is 11.3 Å². The predicted octanol–water partition coefficient (Wildman–Crippen LogP) is -0.555. The Morgan fingerprint density at radius 2 is 2.07 bits per heavy atom. The smallest absolute Gasteiger partial charge is 0.268 e. The minimum Gasteiger partial charge on any atom is -0.300 e. The van der Waals surface area contributed by atoms with Gasteiger partial charge in [-0.25, -0.2) is 0 Å². The highest BCUT2D eigenvalue weighted by Crippen LogP contribution is 1.86. The van der Waals surface area contributed by atoms with Gasteiger partial charge in [-0.05, 0) is 6.92 Å². The molecule has 0 saturated carbocycles. The van der Waals surface area contributed by atoms with Crippen LogP contribution < -0.4 is 14.8 Å². The van der Waals surface area contributed by atoms with Crippen LogP contribution in [0.15, 0.2) is 4.79 Å². The van der Waals surface area contributed by atoms with Gasteiger partial charge in [-0.2, -0.15) is 10.5 Å². The minimum absolute atomic E-state index is 0.0253. The fourth-order valence-corrected chi connectivity index (χ4v) is 1.96. The van der Waals surface area contributed by atoms with E-state index in [1.807, 2.05) is 0 Å². The Bertz CT molecular complexity index is 590. The molecular weight excluding hydrogens is 198 g/mol. The molecule has 70 valence electrons. The summed E-state index contributed by atoms with van der Waals surface area (Å²) in [7, 11) is 1.55. The fourth-order valence-electron chi connectivity index (χ4n) is 0.996. The SMILES string of the molecule is C/C=c1\sc(=C(C#N)C#N)n(C)c1=O. The van der Waals surface area contributed by atoms with Gasteiger partial charge < -0.3 is 4.57 Å². The van der Waals surface area contributed by atoms with Crippen LogP contribution in [0.5, 0.6) is 0 Å². The molecule has 1 heterocycles. The Morgan fingerprint density at radius 3 is 2.43 bits per heavy atom. The Kier molecular flexibility index (Phi) is 2.85. The van der Waals surface area contributed by atoms with Crippen molar-refractivity contribution in [1.82, 2.24) is 4.57 Å². The zero-order chi connectivity index (χ0) is 10.7. The maximum atomic E-state index is 11.5. The van der Waals surface area contributed by atoms with Crippen LogP contribution in [0.25, 0.3) is 11.6 Å². The highest BCUT2D eigenvalue weighted by molar-refractivity contribution is 7.07. The lowest BCUT2D eigenvalue weighted by Gasteiger charge is -1.85. The third-order valence-corrected chi connectivity index (χ3v) is 3.03. The van der Waals surface area contributed by atoms with Gasteiger partial charge in [0.2, 0.25) is 0 Å². The predicted molar refractivity (Wildman–Crippen MR) is 53.6 cm³/mol. The van der Waals surface area contributed by atoms with Crippen molar-refractivity contribution in [3.05, 3.63) is 19.5 Å². The molecule has 0 bridgehead atoms. The second-order valence-corrected chi connectivity index (χ2v) is 3.55. The maximum Gasteiger partial charge on any atom is 0.268 e. The molecule has 0 radical (unpaired) electrons. The average molecular weight is 205 g/mol. The normalized spacial score (nSPS) is 10.7. The van der Waals surface area contributed by atoms with Gasteiger partial charge in [0.15, 0.2) is 5.57 Å². The van der Waals surface area contributed by atoms with Crippen LogP contribution in [0, 0.1) is 22.7 Å². The zero-order valence-corrected chi connectivity index (χ0v) is 8.55. The summed E-state index contributed by atoms with van der Waals surface area (Å²) < 4.78 is 2.28. The summed E-state index contributed by atoms with van der Waals surface area (Å²) in [5, 5.41) is 17.3. The first-order chi connectivity index (χ1) is 6.65. The number of aromatic nitrogens is 1. The second kappa shape index (κ2) is 3.91. The number of thiazole rings is 1. The molecule has 14 heavy (non-hydrogen) atoms. The molecule has 0 aliphatic heterocycles. The van der Waals surface area contributed by atoms with Gasteiger partial charge in [0.05, 0.1) is 4.53 Å². The van der Waals surface area contributed by atoms with Crippen molar-refractivity contribution in [2.75, 3.05) is 0 Å². The molecule has 0 spiro atoms. The first-order valence-electron chi connectivity index (χ1n) is 3.82. The van der Waals surface area contributed by atoms with E-state index in [1.165, 1.54) is 4.57 Å². The van der Waals surface area contributed by atoms with E-state index in [4.69, 9.17) is 10.5 Å². The summed E-state index contributed by atoms with van der Waals surface area (Å²) in [5.41, 5.74) is -0.196. The summed E-state index contributed by atoms with van der Waals surface area (Å²) in [6.45, 7) is 1.75. The molecule has 0 N–H and O–H groups in total. The van der Waals surface area contributed by atoms with Crippen LogP contribution in [-0.2, 0) is 7.05 Å². The molecule has 0 saturated heterocycles. The fraction of sp³-hybridized carbons (Fsp3) is 0.222. The van der Waals surface area contributed by atoms with E-state index >= 15 is 0 Å². The van der Waals surface area contributed by atoms with E-state index in [1.54, 1.807) is 32.2 Å². The summed E-state index contributed by atoms with van der Waals surface area (Å²) >= 11 is 1.16. The molecule has 0 aromatic carbocycles. The van der Waals surface area contributed by atoms with Gasteiger partial charge >= 0.3 is 0 Å². The lowest BCUT2D eigenvalue weighted by molar-refractivity contribution is 0.855. The zero-order valence-electron chi connectivity index (χ0n) is 7.74. The second-order valence-electron chi connectivity index (χ2n) is 2.52. The van der Waals surface area contributed by atoms with Crippen LogP contribution in [0.4, 0.5) is 0 Å². The third kappa shape index (κ3) is 1.46. The van der Waals surface area contributed by atoms with E-state index in [0.717, 1.165) is 11.3 Å². The molecule has 0 fully saturated rings. The number of nitriles is 2. The number of hydrogen-bond acceptors (Lipinski definition) is 4. The van der Waals surface area contributed by atoms with Gasteiger partial charge in [0.1, 0.15) is 16.8 Å². The molecule has 0 unspecified atom stereocenters. The molecule has 1 rings (SSSR count). The van der Waals surface area contributed by atoms with Crippen molar-refractivity contribution in [1.29, 1.82) is 10.5 Å². The summed E-state index contributed by atoms with van der Waals surface area (Å²) in [6, 6.07) is 3.53. The van der Waals surface area contributed by atoms with Gasteiger partial charge in [-0.1, -0.05) is 6.08 Å². The number of hydrogen-bond donors (Lipinski definition) is 0. The monoisotopic (exact) mass is 205 g/mol. The Labute approximate surface area is 84.3 Å². The molecule has 1 aromatic rings. The molecule has 0 atom stereocenters. The molecule has 0 aliphatic carbocycles. The lowest BCUT2D eigenvalue weighted by atomic mass is 10.4. The first kappa shape index (κ1) is 10.2.